The van der Waals surface area contributed by atoms with Gasteiger partial charge in [0.25, 0.3) is 5.56 Å². The first-order chi connectivity index (χ1) is 8.08. The van der Waals surface area contributed by atoms with E-state index in [0.29, 0.717) is 12.1 Å². The lowest BCUT2D eigenvalue weighted by Crippen LogP contribution is -2.67. The molecule has 1 aromatic rings. The highest BCUT2D eigenvalue weighted by Gasteiger charge is 2.38. The summed E-state index contributed by atoms with van der Waals surface area (Å²) in [7, 11) is 0. The summed E-state index contributed by atoms with van der Waals surface area (Å²) in [5.74, 6) is -0.0425. The SMILES string of the molecule is Cc1cn(N2CC(CO)C2CO)c(=O)[nH]c1=O. The summed E-state index contributed by atoms with van der Waals surface area (Å²) in [5.41, 5.74) is -0.518. The number of hydrogen-bond donors (Lipinski definition) is 3. The summed E-state index contributed by atoms with van der Waals surface area (Å²) in [6, 6.07) is -0.289. The Morgan fingerprint density at radius 2 is 2.12 bits per heavy atom. The molecule has 2 heterocycles. The highest BCUT2D eigenvalue weighted by Crippen LogP contribution is 2.21. The fourth-order valence-corrected chi connectivity index (χ4v) is 2.02. The third-order valence-corrected chi connectivity index (χ3v) is 3.15. The van der Waals surface area contributed by atoms with Crippen molar-refractivity contribution in [2.45, 2.75) is 13.0 Å². The van der Waals surface area contributed by atoms with Crippen LogP contribution in [0.3, 0.4) is 0 Å². The molecule has 1 aromatic heterocycles. The van der Waals surface area contributed by atoms with Gasteiger partial charge in [0.05, 0.1) is 12.6 Å². The smallest absolute Gasteiger partial charge is 0.347 e. The van der Waals surface area contributed by atoms with Gasteiger partial charge in [-0.2, -0.15) is 0 Å². The van der Waals surface area contributed by atoms with E-state index in [9.17, 15) is 14.7 Å². The first-order valence-corrected chi connectivity index (χ1v) is 5.39. The molecule has 0 spiro atoms. The molecule has 7 nitrogen and oxygen atoms in total. The van der Waals surface area contributed by atoms with Crippen molar-refractivity contribution in [2.75, 3.05) is 24.8 Å². The molecule has 7 heteroatoms. The minimum absolute atomic E-state index is 0.0290. The summed E-state index contributed by atoms with van der Waals surface area (Å²) in [6.07, 6.45) is 1.44. The standard InChI is InChI=1S/C10H15N3O4/c1-6-2-13(10(17)11-9(6)16)12-3-7(4-14)8(12)5-15/h2,7-8,14-15H,3-5H2,1H3,(H,11,16,17). The van der Waals surface area contributed by atoms with Gasteiger partial charge < -0.3 is 15.2 Å². The minimum atomic E-state index is -0.532. The van der Waals surface area contributed by atoms with Crippen LogP contribution in [0.1, 0.15) is 5.56 Å². The molecule has 1 saturated heterocycles. The van der Waals surface area contributed by atoms with Gasteiger partial charge in [-0.15, -0.1) is 0 Å². The van der Waals surface area contributed by atoms with E-state index in [1.165, 1.54) is 10.9 Å². The first kappa shape index (κ1) is 11.9. The Balaban J connectivity index is 2.33. The van der Waals surface area contributed by atoms with Gasteiger partial charge in [-0.1, -0.05) is 0 Å². The maximum Gasteiger partial charge on any atom is 0.347 e. The van der Waals surface area contributed by atoms with Gasteiger partial charge in [-0.05, 0) is 6.92 Å². The van der Waals surface area contributed by atoms with Crippen molar-refractivity contribution in [1.29, 1.82) is 0 Å². The molecule has 94 valence electrons. The van der Waals surface area contributed by atoms with Gasteiger partial charge >= 0.3 is 5.69 Å². The lowest BCUT2D eigenvalue weighted by molar-refractivity contribution is 0.0871. The van der Waals surface area contributed by atoms with E-state index in [4.69, 9.17) is 5.11 Å². The van der Waals surface area contributed by atoms with Gasteiger partial charge in [0.1, 0.15) is 0 Å². The molecule has 1 fully saturated rings. The molecule has 2 unspecified atom stereocenters. The van der Waals surface area contributed by atoms with Crippen LogP contribution < -0.4 is 16.3 Å². The van der Waals surface area contributed by atoms with Crippen LogP contribution >= 0.6 is 0 Å². The second-order valence-electron chi connectivity index (χ2n) is 4.23. The third-order valence-electron chi connectivity index (χ3n) is 3.15. The van der Waals surface area contributed by atoms with E-state index in [1.807, 2.05) is 0 Å². The monoisotopic (exact) mass is 241 g/mol. The van der Waals surface area contributed by atoms with Gasteiger partial charge in [0.15, 0.2) is 0 Å². The first-order valence-electron chi connectivity index (χ1n) is 5.39. The van der Waals surface area contributed by atoms with Crippen LogP contribution in [0.2, 0.25) is 0 Å². The van der Waals surface area contributed by atoms with Crippen molar-refractivity contribution in [3.8, 4) is 0 Å². The zero-order valence-electron chi connectivity index (χ0n) is 9.46. The predicted molar refractivity (Wildman–Crippen MR) is 60.6 cm³/mol. The zero-order valence-corrected chi connectivity index (χ0v) is 9.46. The van der Waals surface area contributed by atoms with E-state index in [-0.39, 0.29) is 25.2 Å². The van der Waals surface area contributed by atoms with E-state index in [0.717, 1.165) is 0 Å². The highest BCUT2D eigenvalue weighted by atomic mass is 16.3. The number of rotatable bonds is 3. The quantitative estimate of drug-likeness (QED) is 0.556. The minimum Gasteiger partial charge on any atom is -0.396 e. The summed E-state index contributed by atoms with van der Waals surface area (Å²) in [5, 5.41) is 19.9. The maximum absolute atomic E-state index is 11.6. The maximum atomic E-state index is 11.6. The number of aromatic nitrogens is 2. The number of aliphatic hydroxyl groups is 2. The van der Waals surface area contributed by atoms with Crippen molar-refractivity contribution in [2.24, 2.45) is 5.92 Å². The van der Waals surface area contributed by atoms with Gasteiger partial charge in [0, 0.05) is 30.8 Å². The van der Waals surface area contributed by atoms with Crippen molar-refractivity contribution in [3.63, 3.8) is 0 Å². The summed E-state index contributed by atoms with van der Waals surface area (Å²) >= 11 is 0. The van der Waals surface area contributed by atoms with Gasteiger partial charge in [0.2, 0.25) is 0 Å². The summed E-state index contributed by atoms with van der Waals surface area (Å²) in [4.78, 5) is 25.0. The average Bonchev–Trinajstić information content (AvgIpc) is 2.25. The van der Waals surface area contributed by atoms with Crippen molar-refractivity contribution >= 4 is 0 Å². The molecule has 0 bridgehead atoms. The number of aromatic amines is 1. The number of nitrogens with zero attached hydrogens (tertiary/aromatic N) is 2. The molecule has 0 amide bonds. The van der Waals surface area contributed by atoms with Crippen LogP contribution in [0.4, 0.5) is 0 Å². The largest absolute Gasteiger partial charge is 0.396 e. The number of hydrogen-bond acceptors (Lipinski definition) is 5. The number of H-pyrrole nitrogens is 1. The van der Waals surface area contributed by atoms with E-state index in [2.05, 4.69) is 4.98 Å². The highest BCUT2D eigenvalue weighted by molar-refractivity contribution is 5.12. The normalized spacial score (nSPS) is 23.6. The molecule has 0 aromatic carbocycles. The van der Waals surface area contributed by atoms with Crippen LogP contribution in [0, 0.1) is 12.8 Å². The van der Waals surface area contributed by atoms with E-state index < -0.39 is 11.2 Å². The molecule has 1 aliphatic heterocycles. The molecule has 0 radical (unpaired) electrons. The molecular formula is C10H15N3O4. The van der Waals surface area contributed by atoms with Crippen LogP contribution in [-0.4, -0.2) is 45.7 Å². The van der Waals surface area contributed by atoms with Crippen molar-refractivity contribution in [3.05, 3.63) is 32.6 Å². The Labute approximate surface area is 96.9 Å². The predicted octanol–water partition coefficient (Wildman–Crippen LogP) is -2.23. The lowest BCUT2D eigenvalue weighted by Gasteiger charge is -2.48. The number of aryl methyl sites for hydroxylation is 1. The van der Waals surface area contributed by atoms with Crippen LogP contribution in [0.25, 0.3) is 0 Å². The van der Waals surface area contributed by atoms with Crippen LogP contribution in [-0.2, 0) is 0 Å². The summed E-state index contributed by atoms with van der Waals surface area (Å²) in [6.45, 7) is 1.91. The zero-order chi connectivity index (χ0) is 12.6. The fourth-order valence-electron chi connectivity index (χ4n) is 2.02. The second-order valence-corrected chi connectivity index (χ2v) is 4.23. The molecular weight excluding hydrogens is 226 g/mol. The average molecular weight is 241 g/mol. The van der Waals surface area contributed by atoms with Gasteiger partial charge in [-0.3, -0.25) is 9.78 Å². The molecule has 0 aliphatic carbocycles. The number of nitrogens with one attached hydrogen (secondary N) is 1. The summed E-state index contributed by atoms with van der Waals surface area (Å²) < 4.78 is 1.28. The Morgan fingerprint density at radius 3 is 2.71 bits per heavy atom. The second kappa shape index (κ2) is 4.34. The topological polar surface area (TPSA) is 98.6 Å². The van der Waals surface area contributed by atoms with Crippen LogP contribution in [0.5, 0.6) is 0 Å². The molecule has 1 aliphatic rings. The molecule has 17 heavy (non-hydrogen) atoms. The Hall–Kier alpha value is -1.60. The van der Waals surface area contributed by atoms with Crippen LogP contribution in [0.15, 0.2) is 15.8 Å². The van der Waals surface area contributed by atoms with Gasteiger partial charge in [-0.25, -0.2) is 9.47 Å². The molecule has 3 N–H and O–H groups in total. The van der Waals surface area contributed by atoms with Crippen molar-refractivity contribution in [1.82, 2.24) is 9.66 Å². The fraction of sp³-hybridized carbons (Fsp3) is 0.600. The molecule has 2 rings (SSSR count). The lowest BCUT2D eigenvalue weighted by atomic mass is 9.92. The Morgan fingerprint density at radius 1 is 1.41 bits per heavy atom. The number of aliphatic hydroxyl groups excluding tert-OH is 2. The Bertz CT molecular complexity index is 521. The molecule has 2 atom stereocenters. The van der Waals surface area contributed by atoms with E-state index >= 15 is 0 Å². The van der Waals surface area contributed by atoms with Crippen molar-refractivity contribution < 1.29 is 10.2 Å². The molecule has 0 saturated carbocycles. The van der Waals surface area contributed by atoms with E-state index in [1.54, 1.807) is 11.9 Å². The third kappa shape index (κ3) is 1.87. The Kier molecular flexibility index (Phi) is 3.03.